The van der Waals surface area contributed by atoms with Gasteiger partial charge in [-0.25, -0.2) is 4.99 Å². The maximum absolute atomic E-state index is 13.0. The molecule has 2 atom stereocenters. The Morgan fingerprint density at radius 2 is 2.08 bits per heavy atom. The molecule has 3 aliphatic heterocycles. The van der Waals surface area contributed by atoms with E-state index in [1.807, 2.05) is 33.7 Å². The smallest absolute Gasteiger partial charge is 0.272 e. The Bertz CT molecular complexity index is 913. The van der Waals surface area contributed by atoms with E-state index >= 15 is 0 Å². The lowest BCUT2D eigenvalue weighted by molar-refractivity contribution is 0.0324. The highest BCUT2D eigenvalue weighted by atomic mass is 79.9. The van der Waals surface area contributed by atoms with Crippen molar-refractivity contribution in [2.24, 2.45) is 4.99 Å². The number of hydrogen-bond acceptors (Lipinski definition) is 4. The van der Waals surface area contributed by atoms with E-state index in [9.17, 15) is 4.79 Å². The van der Waals surface area contributed by atoms with Gasteiger partial charge in [-0.3, -0.25) is 4.79 Å². The predicted molar refractivity (Wildman–Crippen MR) is 105 cm³/mol. The van der Waals surface area contributed by atoms with Gasteiger partial charge < -0.3 is 14.8 Å². The Morgan fingerprint density at radius 1 is 1.28 bits per heavy atom. The van der Waals surface area contributed by atoms with Crippen LogP contribution in [0.1, 0.15) is 29.5 Å². The summed E-state index contributed by atoms with van der Waals surface area (Å²) in [6.07, 6.45) is 1.72. The molecule has 0 aliphatic carbocycles. The molecule has 0 radical (unpaired) electrons. The molecule has 3 aliphatic rings. The van der Waals surface area contributed by atoms with Crippen LogP contribution in [-0.2, 0) is 0 Å². The molecule has 128 valence electrons. The van der Waals surface area contributed by atoms with E-state index in [1.165, 1.54) is 0 Å². The van der Waals surface area contributed by atoms with Crippen LogP contribution in [0, 0.1) is 0 Å². The van der Waals surface area contributed by atoms with Crippen molar-refractivity contribution in [1.82, 2.24) is 14.8 Å². The van der Waals surface area contributed by atoms with Crippen LogP contribution in [-0.4, -0.2) is 32.7 Å². The van der Waals surface area contributed by atoms with Crippen molar-refractivity contribution in [2.45, 2.75) is 29.6 Å². The first-order valence-electron chi connectivity index (χ1n) is 8.07. The molecule has 5 rings (SSSR count). The number of aliphatic imine (C=N–C) groups is 1. The van der Waals surface area contributed by atoms with Crippen LogP contribution in [0.4, 0.5) is 0 Å². The van der Waals surface area contributed by atoms with Crippen LogP contribution >= 0.6 is 43.6 Å². The first-order chi connectivity index (χ1) is 12.1. The SMILES string of the molecule is O=C1c2cc(Br)c(Br)n2C2N=C(Sc3ccccc3)NC23CCCN13. The van der Waals surface area contributed by atoms with Gasteiger partial charge in [0.15, 0.2) is 17.0 Å². The van der Waals surface area contributed by atoms with E-state index < -0.39 is 5.66 Å². The number of benzene rings is 1. The fourth-order valence-corrected chi connectivity index (χ4v) is 5.76. The number of nitrogens with zero attached hydrogens (tertiary/aromatic N) is 3. The summed E-state index contributed by atoms with van der Waals surface area (Å²) in [6.45, 7) is 0.765. The van der Waals surface area contributed by atoms with Crippen LogP contribution in [0.25, 0.3) is 0 Å². The second kappa shape index (κ2) is 5.62. The highest BCUT2D eigenvalue weighted by Crippen LogP contribution is 2.49. The van der Waals surface area contributed by atoms with Crippen molar-refractivity contribution in [3.05, 3.63) is 51.2 Å². The lowest BCUT2D eigenvalue weighted by Gasteiger charge is -2.44. The second-order valence-corrected chi connectivity index (χ2v) is 9.04. The molecular weight excluding hydrogens is 468 g/mol. The molecule has 8 heteroatoms. The minimum absolute atomic E-state index is 0.0637. The average molecular weight is 482 g/mol. The second-order valence-electron chi connectivity index (χ2n) is 6.37. The maximum Gasteiger partial charge on any atom is 0.272 e. The minimum atomic E-state index is -0.456. The summed E-state index contributed by atoms with van der Waals surface area (Å²) >= 11 is 8.77. The van der Waals surface area contributed by atoms with Gasteiger partial charge in [-0.1, -0.05) is 30.0 Å². The summed E-state index contributed by atoms with van der Waals surface area (Å²) in [4.78, 5) is 21.1. The zero-order valence-corrected chi connectivity index (χ0v) is 17.1. The topological polar surface area (TPSA) is 49.6 Å². The number of halogens is 2. The number of carbonyl (C=O) groups is 1. The molecule has 1 saturated heterocycles. The quantitative estimate of drug-likeness (QED) is 0.663. The van der Waals surface area contributed by atoms with Crippen molar-refractivity contribution in [2.75, 3.05) is 6.54 Å². The number of rotatable bonds is 1. The first-order valence-corrected chi connectivity index (χ1v) is 10.5. The maximum atomic E-state index is 13.0. The lowest BCUT2D eigenvalue weighted by Crippen LogP contribution is -2.62. The van der Waals surface area contributed by atoms with Crippen LogP contribution in [0.3, 0.4) is 0 Å². The van der Waals surface area contributed by atoms with Gasteiger partial charge in [-0.05, 0) is 62.9 Å². The normalized spacial score (nSPS) is 26.8. The van der Waals surface area contributed by atoms with Crippen LogP contribution in [0.5, 0.6) is 0 Å². The Hall–Kier alpha value is -1.25. The lowest BCUT2D eigenvalue weighted by atomic mass is 10.0. The molecule has 5 nitrogen and oxygen atoms in total. The molecule has 1 aromatic heterocycles. The number of fused-ring (bicyclic) bond motifs is 2. The van der Waals surface area contributed by atoms with E-state index in [1.54, 1.807) is 11.8 Å². The first kappa shape index (κ1) is 16.0. The summed E-state index contributed by atoms with van der Waals surface area (Å²) in [6, 6.07) is 12.1. The van der Waals surface area contributed by atoms with Crippen LogP contribution in [0.2, 0.25) is 0 Å². The standard InChI is InChI=1S/C17H14Br2N4OS/c18-11-9-12-14(24)22-8-4-7-17(22)15(23(12)13(11)19)20-16(21-17)25-10-5-2-1-3-6-10/h1-3,5-6,9,15H,4,7-8H2,(H,20,21). The molecule has 1 N–H and O–H groups in total. The number of aromatic nitrogens is 1. The third-order valence-electron chi connectivity index (χ3n) is 5.01. The van der Waals surface area contributed by atoms with Crippen molar-refractivity contribution in [3.63, 3.8) is 0 Å². The van der Waals surface area contributed by atoms with Gasteiger partial charge >= 0.3 is 0 Å². The number of amides is 1. The molecule has 1 amide bonds. The van der Waals surface area contributed by atoms with Crippen LogP contribution in [0.15, 0.2) is 55.4 Å². The summed E-state index contributed by atoms with van der Waals surface area (Å²) < 4.78 is 3.76. The predicted octanol–water partition coefficient (Wildman–Crippen LogP) is 4.21. The van der Waals surface area contributed by atoms with Crippen molar-refractivity contribution in [1.29, 1.82) is 0 Å². The zero-order chi connectivity index (χ0) is 17.2. The largest absolute Gasteiger partial charge is 0.338 e. The molecule has 1 fully saturated rings. The van der Waals surface area contributed by atoms with Gasteiger partial charge in [-0.2, -0.15) is 0 Å². The third kappa shape index (κ3) is 2.20. The van der Waals surface area contributed by atoms with E-state index in [-0.39, 0.29) is 12.1 Å². The highest BCUT2D eigenvalue weighted by molar-refractivity contribution is 9.13. The summed E-state index contributed by atoms with van der Waals surface area (Å²) in [5.74, 6) is 0.0637. The molecule has 25 heavy (non-hydrogen) atoms. The van der Waals surface area contributed by atoms with E-state index in [4.69, 9.17) is 4.99 Å². The molecule has 0 saturated carbocycles. The number of amidine groups is 1. The molecule has 2 aromatic rings. The molecule has 1 spiro atoms. The van der Waals surface area contributed by atoms with E-state index in [0.717, 1.165) is 38.5 Å². The van der Waals surface area contributed by atoms with Crippen molar-refractivity contribution < 1.29 is 4.79 Å². The molecule has 0 bridgehead atoms. The fourth-order valence-electron chi connectivity index (χ4n) is 3.96. The van der Waals surface area contributed by atoms with Gasteiger partial charge in [0, 0.05) is 11.4 Å². The number of thioether (sulfide) groups is 1. The Morgan fingerprint density at radius 3 is 2.88 bits per heavy atom. The highest BCUT2D eigenvalue weighted by Gasteiger charge is 2.58. The van der Waals surface area contributed by atoms with E-state index in [2.05, 4.69) is 49.3 Å². The van der Waals surface area contributed by atoms with Crippen molar-refractivity contribution >= 4 is 54.7 Å². The Balaban J connectivity index is 1.61. The summed E-state index contributed by atoms with van der Waals surface area (Å²) in [5.41, 5.74) is 0.222. The minimum Gasteiger partial charge on any atom is -0.338 e. The Labute approximate surface area is 166 Å². The van der Waals surface area contributed by atoms with Crippen molar-refractivity contribution in [3.8, 4) is 0 Å². The number of hydrogen-bond donors (Lipinski definition) is 1. The Kier molecular flexibility index (Phi) is 3.59. The summed E-state index contributed by atoms with van der Waals surface area (Å²) in [7, 11) is 0. The molecule has 4 heterocycles. The third-order valence-corrected chi connectivity index (χ3v) is 7.86. The number of carbonyl (C=O) groups excluding carboxylic acids is 1. The fraction of sp³-hybridized carbons (Fsp3) is 0.294. The van der Waals surface area contributed by atoms with Gasteiger partial charge in [0.1, 0.15) is 10.3 Å². The van der Waals surface area contributed by atoms with Gasteiger partial charge in [-0.15, -0.1) is 0 Å². The number of nitrogens with one attached hydrogen (secondary N) is 1. The van der Waals surface area contributed by atoms with Gasteiger partial charge in [0.2, 0.25) is 0 Å². The molecule has 2 unspecified atom stereocenters. The van der Waals surface area contributed by atoms with Crippen LogP contribution < -0.4 is 5.32 Å². The summed E-state index contributed by atoms with van der Waals surface area (Å²) in [5, 5.41) is 4.45. The molecular formula is C17H14Br2N4OS. The average Bonchev–Trinajstić information content (AvgIpc) is 3.26. The molecule has 1 aromatic carbocycles. The van der Waals surface area contributed by atoms with E-state index in [0.29, 0.717) is 5.69 Å². The zero-order valence-electron chi connectivity index (χ0n) is 13.1. The monoisotopic (exact) mass is 480 g/mol. The van der Waals surface area contributed by atoms with Gasteiger partial charge in [0.25, 0.3) is 5.91 Å². The van der Waals surface area contributed by atoms with Gasteiger partial charge in [0.05, 0.1) is 4.47 Å².